The molecule has 0 fully saturated rings. The molecule has 15 heavy (non-hydrogen) atoms. The van der Waals surface area contributed by atoms with Crippen LogP contribution in [-0.4, -0.2) is 27.2 Å². The third-order valence-electron chi connectivity index (χ3n) is 2.05. The van der Waals surface area contributed by atoms with Crippen molar-refractivity contribution in [3.8, 4) is 5.75 Å². The van der Waals surface area contributed by atoms with E-state index in [-0.39, 0.29) is 5.75 Å². The summed E-state index contributed by atoms with van der Waals surface area (Å²) in [6.07, 6.45) is 0. The molecular formula is C10H8ClNO2S. The number of hydrogen-bond donors (Lipinski definition) is 1. The Kier molecular flexibility index (Phi) is 2.98. The van der Waals surface area contributed by atoms with Gasteiger partial charge in [0.05, 0.1) is 0 Å². The molecule has 3 nitrogen and oxygen atoms in total. The van der Waals surface area contributed by atoms with Gasteiger partial charge in [-0.2, -0.15) is 0 Å². The minimum atomic E-state index is -0.480. The van der Waals surface area contributed by atoms with E-state index in [1.54, 1.807) is 18.2 Å². The highest BCUT2D eigenvalue weighted by molar-refractivity contribution is 8.14. The van der Waals surface area contributed by atoms with E-state index in [1.165, 1.54) is 11.8 Å². The number of carbonyl (C=O) groups is 1. The van der Waals surface area contributed by atoms with E-state index in [9.17, 15) is 9.90 Å². The van der Waals surface area contributed by atoms with Crippen LogP contribution in [0.25, 0.3) is 0 Å². The number of thioether (sulfide) groups is 1. The summed E-state index contributed by atoms with van der Waals surface area (Å²) in [7, 11) is 0. The molecule has 0 bridgehead atoms. The average Bonchev–Trinajstić information content (AvgIpc) is 2.67. The van der Waals surface area contributed by atoms with Crippen molar-refractivity contribution >= 4 is 33.6 Å². The van der Waals surface area contributed by atoms with Crippen LogP contribution in [0.1, 0.15) is 5.56 Å². The molecule has 5 heteroatoms. The van der Waals surface area contributed by atoms with Crippen molar-refractivity contribution in [1.29, 1.82) is 0 Å². The molecule has 0 saturated heterocycles. The first-order chi connectivity index (χ1) is 7.18. The molecule has 1 atom stereocenters. The lowest BCUT2D eigenvalue weighted by Gasteiger charge is -2.01. The van der Waals surface area contributed by atoms with Gasteiger partial charge in [-0.05, 0) is 23.7 Å². The van der Waals surface area contributed by atoms with Gasteiger partial charge in [-0.25, -0.2) is 0 Å². The number of benzene rings is 1. The zero-order valence-electron chi connectivity index (χ0n) is 7.68. The quantitative estimate of drug-likeness (QED) is 0.806. The minimum absolute atomic E-state index is 0.173. The van der Waals surface area contributed by atoms with Gasteiger partial charge < -0.3 is 5.11 Å². The largest absolute Gasteiger partial charge is 0.507 e. The maximum absolute atomic E-state index is 10.9. The molecule has 0 radical (unpaired) electrons. The average molecular weight is 242 g/mol. The molecule has 1 aromatic carbocycles. The van der Waals surface area contributed by atoms with Crippen molar-refractivity contribution in [2.24, 2.45) is 4.99 Å². The lowest BCUT2D eigenvalue weighted by Crippen LogP contribution is -2.11. The van der Waals surface area contributed by atoms with Crippen LogP contribution in [0.15, 0.2) is 29.3 Å². The molecule has 0 amide bonds. The second-order valence-electron chi connectivity index (χ2n) is 3.08. The highest BCUT2D eigenvalue weighted by atomic mass is 35.5. The maximum Gasteiger partial charge on any atom is 0.247 e. The van der Waals surface area contributed by atoms with Crippen LogP contribution in [-0.2, 0) is 4.79 Å². The number of rotatable bonds is 2. The molecule has 1 heterocycles. The molecule has 2 rings (SSSR count). The summed E-state index contributed by atoms with van der Waals surface area (Å²) in [5.41, 5.74) is 0.655. The highest BCUT2D eigenvalue weighted by Crippen LogP contribution is 2.28. The Morgan fingerprint density at radius 2 is 2.27 bits per heavy atom. The number of hydrogen-bond acceptors (Lipinski definition) is 4. The molecular weight excluding hydrogens is 234 g/mol. The van der Waals surface area contributed by atoms with Gasteiger partial charge in [0.25, 0.3) is 0 Å². The first kappa shape index (κ1) is 10.5. The van der Waals surface area contributed by atoms with Gasteiger partial charge in [0, 0.05) is 11.3 Å². The number of aromatic hydroxyl groups is 1. The van der Waals surface area contributed by atoms with E-state index >= 15 is 0 Å². The fraction of sp³-hybridized carbons (Fsp3) is 0.200. The predicted octanol–water partition coefficient (Wildman–Crippen LogP) is 2.02. The lowest BCUT2D eigenvalue weighted by atomic mass is 10.2. The monoisotopic (exact) mass is 241 g/mol. The summed E-state index contributed by atoms with van der Waals surface area (Å²) in [5, 5.41) is 9.81. The zero-order chi connectivity index (χ0) is 10.8. The van der Waals surface area contributed by atoms with E-state index < -0.39 is 11.3 Å². The Morgan fingerprint density at radius 3 is 2.87 bits per heavy atom. The van der Waals surface area contributed by atoms with Gasteiger partial charge in [-0.15, -0.1) is 11.8 Å². The summed E-state index contributed by atoms with van der Waals surface area (Å²) in [4.78, 5) is 15.0. The molecule has 0 unspecified atom stereocenters. The van der Waals surface area contributed by atoms with Crippen molar-refractivity contribution in [2.75, 3.05) is 5.75 Å². The second-order valence-corrected chi connectivity index (χ2v) is 4.46. The molecule has 0 aromatic heterocycles. The number of aliphatic imine (C=N–C) groups is 1. The number of carbonyl (C=O) groups excluding carboxylic acids is 1. The van der Waals surface area contributed by atoms with Gasteiger partial charge in [-0.1, -0.05) is 12.1 Å². The molecule has 0 spiro atoms. The lowest BCUT2D eigenvalue weighted by molar-refractivity contribution is -0.112. The summed E-state index contributed by atoms with van der Waals surface area (Å²) in [6, 6.07) is 6.43. The first-order valence-electron chi connectivity index (χ1n) is 4.37. The fourth-order valence-corrected chi connectivity index (χ4v) is 2.58. The summed E-state index contributed by atoms with van der Waals surface area (Å²) in [5.74, 6) is 0.720. The Balaban J connectivity index is 2.30. The van der Waals surface area contributed by atoms with Crippen LogP contribution in [0.5, 0.6) is 5.75 Å². The van der Waals surface area contributed by atoms with Crippen LogP contribution >= 0.6 is 23.4 Å². The number of phenolic OH excluding ortho intramolecular Hbond substituents is 1. The van der Waals surface area contributed by atoms with Crippen molar-refractivity contribution in [2.45, 2.75) is 6.04 Å². The smallest absolute Gasteiger partial charge is 0.247 e. The van der Waals surface area contributed by atoms with Crippen LogP contribution in [0, 0.1) is 0 Å². The Labute approximate surface area is 96.2 Å². The maximum atomic E-state index is 10.9. The van der Waals surface area contributed by atoms with Gasteiger partial charge in [0.1, 0.15) is 16.8 Å². The van der Waals surface area contributed by atoms with Crippen molar-refractivity contribution in [3.63, 3.8) is 0 Å². The topological polar surface area (TPSA) is 49.7 Å². The normalized spacial score (nSPS) is 20.1. The van der Waals surface area contributed by atoms with Crippen molar-refractivity contribution in [3.05, 3.63) is 29.8 Å². The zero-order valence-corrected chi connectivity index (χ0v) is 9.26. The predicted molar refractivity (Wildman–Crippen MR) is 61.7 cm³/mol. The van der Waals surface area contributed by atoms with E-state index in [2.05, 4.69) is 4.99 Å². The van der Waals surface area contributed by atoms with Gasteiger partial charge >= 0.3 is 0 Å². The molecule has 1 aromatic rings. The van der Waals surface area contributed by atoms with Crippen molar-refractivity contribution < 1.29 is 9.90 Å². The van der Waals surface area contributed by atoms with Gasteiger partial charge in [0.2, 0.25) is 5.24 Å². The van der Waals surface area contributed by atoms with Crippen molar-refractivity contribution in [1.82, 2.24) is 0 Å². The molecule has 1 aliphatic heterocycles. The number of nitrogens with zero attached hydrogens (tertiary/aromatic N) is 1. The van der Waals surface area contributed by atoms with Gasteiger partial charge in [-0.3, -0.25) is 9.79 Å². The minimum Gasteiger partial charge on any atom is -0.507 e. The molecule has 0 saturated carbocycles. The molecule has 1 N–H and O–H groups in total. The standard InChI is InChI=1S/C10H8ClNO2S/c11-9(14)7-5-15-10(12-7)6-3-1-2-4-8(6)13/h1-4,7,13H,5H2/t7-/m0/s1. The molecule has 78 valence electrons. The van der Waals surface area contributed by atoms with Gasteiger partial charge in [0.15, 0.2) is 0 Å². The molecule has 0 aliphatic carbocycles. The number of halogens is 1. The Hall–Kier alpha value is -1.00. The first-order valence-corrected chi connectivity index (χ1v) is 5.73. The van der Waals surface area contributed by atoms with Crippen LogP contribution in [0.4, 0.5) is 0 Å². The Morgan fingerprint density at radius 1 is 1.53 bits per heavy atom. The SMILES string of the molecule is O=C(Cl)[C@@H]1CSC(c2ccccc2O)=N1. The van der Waals surface area contributed by atoms with E-state index in [0.29, 0.717) is 16.4 Å². The summed E-state index contributed by atoms with van der Waals surface area (Å²) in [6.45, 7) is 0. The number of phenols is 1. The van der Waals surface area contributed by atoms with Crippen LogP contribution < -0.4 is 0 Å². The highest BCUT2D eigenvalue weighted by Gasteiger charge is 2.25. The third kappa shape index (κ3) is 2.16. The van der Waals surface area contributed by atoms with Crippen LogP contribution in [0.2, 0.25) is 0 Å². The molecule has 1 aliphatic rings. The second kappa shape index (κ2) is 4.24. The summed E-state index contributed by atoms with van der Waals surface area (Å²) < 4.78 is 0. The van der Waals surface area contributed by atoms with E-state index in [4.69, 9.17) is 11.6 Å². The van der Waals surface area contributed by atoms with Crippen LogP contribution in [0.3, 0.4) is 0 Å². The fourth-order valence-electron chi connectivity index (χ4n) is 1.29. The van der Waals surface area contributed by atoms with E-state index in [1.807, 2.05) is 6.07 Å². The van der Waals surface area contributed by atoms with E-state index in [0.717, 1.165) is 0 Å². The summed E-state index contributed by atoms with van der Waals surface area (Å²) >= 11 is 6.79. The third-order valence-corrected chi connectivity index (χ3v) is 3.38. The number of para-hydroxylation sites is 1. The Bertz CT molecular complexity index is 433.